The van der Waals surface area contributed by atoms with Crippen LogP contribution < -0.4 is 5.32 Å². The Morgan fingerprint density at radius 3 is 2.56 bits per heavy atom. The van der Waals surface area contributed by atoms with Crippen LogP contribution in [0.3, 0.4) is 0 Å². The van der Waals surface area contributed by atoms with E-state index in [-0.39, 0.29) is 0 Å². The molecule has 0 fully saturated rings. The molecule has 0 saturated heterocycles. The molecular formula is C13H21ClN2. The summed E-state index contributed by atoms with van der Waals surface area (Å²) in [6, 6.07) is 3.01. The van der Waals surface area contributed by atoms with E-state index in [2.05, 4.69) is 38.0 Å². The largest absolute Gasteiger partial charge is 0.312 e. The molecule has 1 rings (SSSR count). The van der Waals surface area contributed by atoms with E-state index in [1.165, 1.54) is 5.56 Å². The topological polar surface area (TPSA) is 24.9 Å². The van der Waals surface area contributed by atoms with Crippen molar-refractivity contribution in [2.75, 3.05) is 0 Å². The van der Waals surface area contributed by atoms with Crippen LogP contribution in [-0.2, 0) is 6.42 Å². The third-order valence-corrected chi connectivity index (χ3v) is 3.19. The Morgan fingerprint density at radius 2 is 2.00 bits per heavy atom. The van der Waals surface area contributed by atoms with Gasteiger partial charge in [-0.2, -0.15) is 0 Å². The molecule has 0 aromatic carbocycles. The zero-order valence-corrected chi connectivity index (χ0v) is 11.3. The van der Waals surface area contributed by atoms with Crippen molar-refractivity contribution in [3.63, 3.8) is 0 Å². The van der Waals surface area contributed by atoms with Crippen LogP contribution in [0.25, 0.3) is 0 Å². The second-order valence-corrected chi connectivity index (χ2v) is 5.17. The maximum Gasteiger partial charge on any atom is 0.0621 e. The summed E-state index contributed by atoms with van der Waals surface area (Å²) >= 11 is 6.10. The monoisotopic (exact) mass is 240 g/mol. The quantitative estimate of drug-likeness (QED) is 0.854. The SMILES string of the molecule is CC(C)NC(C)C(C)Cc1ccncc1Cl. The predicted molar refractivity (Wildman–Crippen MR) is 69.8 cm³/mol. The number of halogens is 1. The lowest BCUT2D eigenvalue weighted by Gasteiger charge is -2.23. The Labute approximate surface area is 103 Å². The number of hydrogen-bond donors (Lipinski definition) is 1. The molecule has 0 aliphatic rings. The van der Waals surface area contributed by atoms with Gasteiger partial charge in [-0.3, -0.25) is 4.98 Å². The zero-order chi connectivity index (χ0) is 12.1. The highest BCUT2D eigenvalue weighted by Gasteiger charge is 2.14. The van der Waals surface area contributed by atoms with Gasteiger partial charge >= 0.3 is 0 Å². The van der Waals surface area contributed by atoms with E-state index in [9.17, 15) is 0 Å². The van der Waals surface area contributed by atoms with Crippen molar-refractivity contribution in [3.8, 4) is 0 Å². The summed E-state index contributed by atoms with van der Waals surface area (Å²) in [5.41, 5.74) is 1.18. The second kappa shape index (κ2) is 6.21. The van der Waals surface area contributed by atoms with E-state index in [1.807, 2.05) is 6.07 Å². The van der Waals surface area contributed by atoms with E-state index in [0.29, 0.717) is 18.0 Å². The maximum absolute atomic E-state index is 6.10. The Hall–Kier alpha value is -0.600. The van der Waals surface area contributed by atoms with Gasteiger partial charge in [-0.15, -0.1) is 0 Å². The zero-order valence-electron chi connectivity index (χ0n) is 10.5. The minimum atomic E-state index is 0.490. The molecule has 2 unspecified atom stereocenters. The minimum absolute atomic E-state index is 0.490. The van der Waals surface area contributed by atoms with Crippen molar-refractivity contribution in [3.05, 3.63) is 29.0 Å². The summed E-state index contributed by atoms with van der Waals surface area (Å²) in [4.78, 5) is 4.00. The van der Waals surface area contributed by atoms with Crippen LogP contribution in [0.4, 0.5) is 0 Å². The first-order chi connectivity index (χ1) is 7.50. The van der Waals surface area contributed by atoms with Gasteiger partial charge in [-0.05, 0) is 30.9 Å². The Balaban J connectivity index is 2.57. The molecule has 0 saturated carbocycles. The normalized spacial score (nSPS) is 15.1. The van der Waals surface area contributed by atoms with Crippen molar-refractivity contribution in [2.24, 2.45) is 5.92 Å². The molecule has 0 amide bonds. The van der Waals surface area contributed by atoms with Crippen molar-refractivity contribution in [2.45, 2.75) is 46.2 Å². The molecule has 2 nitrogen and oxygen atoms in total. The average molecular weight is 241 g/mol. The molecule has 0 aliphatic heterocycles. The molecular weight excluding hydrogens is 220 g/mol. The fourth-order valence-electron chi connectivity index (χ4n) is 1.78. The first-order valence-electron chi connectivity index (χ1n) is 5.85. The summed E-state index contributed by atoms with van der Waals surface area (Å²) in [6.45, 7) is 8.81. The molecule has 16 heavy (non-hydrogen) atoms. The number of nitrogens with zero attached hydrogens (tertiary/aromatic N) is 1. The summed E-state index contributed by atoms with van der Waals surface area (Å²) < 4.78 is 0. The van der Waals surface area contributed by atoms with E-state index in [4.69, 9.17) is 11.6 Å². The third kappa shape index (κ3) is 4.11. The lowest BCUT2D eigenvalue weighted by molar-refractivity contribution is 0.372. The van der Waals surface area contributed by atoms with Crippen molar-refractivity contribution >= 4 is 11.6 Å². The number of pyridine rings is 1. The van der Waals surface area contributed by atoms with Gasteiger partial charge in [0.2, 0.25) is 0 Å². The van der Waals surface area contributed by atoms with Crippen molar-refractivity contribution in [1.82, 2.24) is 10.3 Å². The van der Waals surface area contributed by atoms with Crippen LogP contribution in [0.5, 0.6) is 0 Å². The third-order valence-electron chi connectivity index (χ3n) is 2.85. The molecule has 90 valence electrons. The van der Waals surface area contributed by atoms with E-state index in [0.717, 1.165) is 11.4 Å². The molecule has 3 heteroatoms. The molecule has 1 aromatic heterocycles. The molecule has 0 bridgehead atoms. The molecule has 1 N–H and O–H groups in total. The number of aromatic nitrogens is 1. The highest BCUT2D eigenvalue weighted by molar-refractivity contribution is 6.31. The van der Waals surface area contributed by atoms with Gasteiger partial charge in [0.1, 0.15) is 0 Å². The van der Waals surface area contributed by atoms with Crippen LogP contribution in [0.15, 0.2) is 18.5 Å². The number of nitrogens with one attached hydrogen (secondary N) is 1. The van der Waals surface area contributed by atoms with Crippen LogP contribution >= 0.6 is 11.6 Å². The van der Waals surface area contributed by atoms with Crippen LogP contribution in [0.1, 0.15) is 33.3 Å². The molecule has 1 heterocycles. The maximum atomic E-state index is 6.10. The summed E-state index contributed by atoms with van der Waals surface area (Å²) in [7, 11) is 0. The minimum Gasteiger partial charge on any atom is -0.312 e. The molecule has 2 atom stereocenters. The Kier molecular flexibility index (Phi) is 5.23. The van der Waals surface area contributed by atoms with Gasteiger partial charge in [0.15, 0.2) is 0 Å². The lowest BCUT2D eigenvalue weighted by Crippen LogP contribution is -2.37. The van der Waals surface area contributed by atoms with Gasteiger partial charge in [0, 0.05) is 24.5 Å². The van der Waals surface area contributed by atoms with E-state index < -0.39 is 0 Å². The van der Waals surface area contributed by atoms with Gasteiger partial charge < -0.3 is 5.32 Å². The van der Waals surface area contributed by atoms with E-state index in [1.54, 1.807) is 12.4 Å². The van der Waals surface area contributed by atoms with Crippen molar-refractivity contribution < 1.29 is 0 Å². The highest BCUT2D eigenvalue weighted by Crippen LogP contribution is 2.19. The van der Waals surface area contributed by atoms with Gasteiger partial charge in [-0.1, -0.05) is 32.4 Å². The summed E-state index contributed by atoms with van der Waals surface area (Å²) in [5, 5.41) is 4.29. The second-order valence-electron chi connectivity index (χ2n) is 4.76. The number of rotatable bonds is 5. The molecule has 0 radical (unpaired) electrons. The fraction of sp³-hybridized carbons (Fsp3) is 0.615. The van der Waals surface area contributed by atoms with Crippen LogP contribution in [0, 0.1) is 5.92 Å². The fourth-order valence-corrected chi connectivity index (χ4v) is 1.98. The predicted octanol–water partition coefficient (Wildman–Crippen LogP) is 3.30. The van der Waals surface area contributed by atoms with Crippen LogP contribution in [0.2, 0.25) is 5.02 Å². The summed E-state index contributed by atoms with van der Waals surface area (Å²) in [5.74, 6) is 0.558. The summed E-state index contributed by atoms with van der Waals surface area (Å²) in [6.07, 6.45) is 4.50. The smallest absolute Gasteiger partial charge is 0.0621 e. The Bertz CT molecular complexity index is 325. The average Bonchev–Trinajstić information content (AvgIpc) is 2.20. The first kappa shape index (κ1) is 13.5. The van der Waals surface area contributed by atoms with Gasteiger partial charge in [-0.25, -0.2) is 0 Å². The van der Waals surface area contributed by atoms with Crippen molar-refractivity contribution in [1.29, 1.82) is 0 Å². The Morgan fingerprint density at radius 1 is 1.31 bits per heavy atom. The first-order valence-corrected chi connectivity index (χ1v) is 6.23. The lowest BCUT2D eigenvalue weighted by atomic mass is 9.95. The number of hydrogen-bond acceptors (Lipinski definition) is 2. The van der Waals surface area contributed by atoms with Gasteiger partial charge in [0.05, 0.1) is 5.02 Å². The van der Waals surface area contributed by atoms with Gasteiger partial charge in [0.25, 0.3) is 0 Å². The van der Waals surface area contributed by atoms with Crippen LogP contribution in [-0.4, -0.2) is 17.1 Å². The standard InChI is InChI=1S/C13H21ClN2/c1-9(2)16-11(4)10(3)7-12-5-6-15-8-13(12)14/h5-6,8-11,16H,7H2,1-4H3. The molecule has 0 spiro atoms. The molecule has 1 aromatic rings. The van der Waals surface area contributed by atoms with E-state index >= 15 is 0 Å². The molecule has 0 aliphatic carbocycles. The highest BCUT2D eigenvalue weighted by atomic mass is 35.5.